The van der Waals surface area contributed by atoms with Crippen molar-refractivity contribution in [2.24, 2.45) is 0 Å². The van der Waals surface area contributed by atoms with E-state index >= 15 is 0 Å². The lowest BCUT2D eigenvalue weighted by molar-refractivity contribution is -0.754. The minimum absolute atomic E-state index is 0.0924. The summed E-state index contributed by atoms with van der Waals surface area (Å²) in [5.41, 5.74) is -0.0924. The normalized spacial score (nSPS) is 12.0. The van der Waals surface area contributed by atoms with E-state index in [1.165, 1.54) is 0 Å². The van der Waals surface area contributed by atoms with E-state index in [-0.39, 0.29) is 11.4 Å². The van der Waals surface area contributed by atoms with Crippen LogP contribution in [0.1, 0.15) is 20.8 Å². The van der Waals surface area contributed by atoms with Crippen LogP contribution in [-0.4, -0.2) is 0 Å². The van der Waals surface area contributed by atoms with Gasteiger partial charge in [0, 0.05) is 31.5 Å². The van der Waals surface area contributed by atoms with Crippen molar-refractivity contribution in [3.05, 3.63) is 42.5 Å². The summed E-state index contributed by atoms with van der Waals surface area (Å²) in [6.07, 6.45) is 3.54. The molecule has 0 bridgehead atoms. The van der Waals surface area contributed by atoms with E-state index in [0.717, 1.165) is 5.39 Å². The van der Waals surface area contributed by atoms with Gasteiger partial charge in [0.25, 0.3) is 0 Å². The summed E-state index contributed by atoms with van der Waals surface area (Å²) in [6.45, 7) is 6.17. The van der Waals surface area contributed by atoms with Crippen LogP contribution in [0.5, 0.6) is 0 Å². The molecule has 1 aromatic carbocycles. The Morgan fingerprint density at radius 2 is 1.73 bits per heavy atom. The first kappa shape index (κ1) is 10.1. The van der Waals surface area contributed by atoms with Crippen LogP contribution in [0.2, 0.25) is 0 Å². The van der Waals surface area contributed by atoms with Crippen molar-refractivity contribution in [1.82, 2.24) is 0 Å². The van der Waals surface area contributed by atoms with E-state index in [2.05, 4.69) is 20.8 Å². The van der Waals surface area contributed by atoms with Crippen molar-refractivity contribution in [3.8, 4) is 0 Å². The Balaban J connectivity index is 2.73. The standard InChI is InChI=1S/C13H15FN/c1-13(2,3)15-8-10-6-4-5-7-11(10)12(14)9-15/h4-9H,1-3H3/q+1. The number of pyridine rings is 1. The Morgan fingerprint density at radius 3 is 2.40 bits per heavy atom. The highest BCUT2D eigenvalue weighted by Gasteiger charge is 2.23. The van der Waals surface area contributed by atoms with Crippen LogP contribution < -0.4 is 4.57 Å². The summed E-state index contributed by atoms with van der Waals surface area (Å²) in [6, 6.07) is 7.51. The number of fused-ring (bicyclic) bond motifs is 1. The van der Waals surface area contributed by atoms with Gasteiger partial charge >= 0.3 is 0 Å². The lowest BCUT2D eigenvalue weighted by Crippen LogP contribution is -2.49. The molecule has 0 atom stereocenters. The molecular weight excluding hydrogens is 189 g/mol. The molecule has 2 heteroatoms. The monoisotopic (exact) mass is 204 g/mol. The molecule has 1 heterocycles. The lowest BCUT2D eigenvalue weighted by Gasteiger charge is -2.13. The maximum absolute atomic E-state index is 13.8. The minimum atomic E-state index is -0.164. The molecule has 0 spiro atoms. The van der Waals surface area contributed by atoms with Crippen LogP contribution in [0.15, 0.2) is 36.7 Å². The van der Waals surface area contributed by atoms with E-state index in [1.807, 2.05) is 29.0 Å². The maximum atomic E-state index is 13.8. The number of benzene rings is 1. The molecular formula is C13H15FN+. The number of halogens is 1. The average Bonchev–Trinajstić information content (AvgIpc) is 2.16. The third kappa shape index (κ3) is 1.84. The summed E-state index contributed by atoms with van der Waals surface area (Å²) in [5, 5.41) is 1.62. The summed E-state index contributed by atoms with van der Waals surface area (Å²) in [7, 11) is 0. The van der Waals surface area contributed by atoms with Gasteiger partial charge in [0.2, 0.25) is 6.20 Å². The first-order valence-corrected chi connectivity index (χ1v) is 5.08. The van der Waals surface area contributed by atoms with Gasteiger partial charge in [0.15, 0.2) is 17.6 Å². The second-order valence-corrected chi connectivity index (χ2v) is 4.77. The van der Waals surface area contributed by atoms with E-state index in [1.54, 1.807) is 12.3 Å². The molecule has 0 amide bonds. The van der Waals surface area contributed by atoms with Gasteiger partial charge in [-0.2, -0.15) is 8.96 Å². The zero-order valence-electron chi connectivity index (χ0n) is 9.29. The molecule has 0 saturated carbocycles. The maximum Gasteiger partial charge on any atom is 0.205 e. The van der Waals surface area contributed by atoms with Crippen LogP contribution >= 0.6 is 0 Å². The molecule has 15 heavy (non-hydrogen) atoms. The highest BCUT2D eigenvalue weighted by molar-refractivity contribution is 5.81. The summed E-state index contributed by atoms with van der Waals surface area (Å²) < 4.78 is 15.7. The third-order valence-electron chi connectivity index (χ3n) is 2.52. The average molecular weight is 204 g/mol. The van der Waals surface area contributed by atoms with Crippen molar-refractivity contribution in [3.63, 3.8) is 0 Å². The molecule has 0 unspecified atom stereocenters. The summed E-state index contributed by atoms with van der Waals surface area (Å²) in [4.78, 5) is 0. The van der Waals surface area contributed by atoms with E-state index < -0.39 is 0 Å². The Morgan fingerprint density at radius 1 is 1.07 bits per heavy atom. The molecule has 2 rings (SSSR count). The quantitative estimate of drug-likeness (QED) is 0.581. The molecule has 0 aliphatic heterocycles. The van der Waals surface area contributed by atoms with Gasteiger partial charge in [-0.3, -0.25) is 0 Å². The molecule has 0 aliphatic carbocycles. The number of hydrogen-bond acceptors (Lipinski definition) is 0. The van der Waals surface area contributed by atoms with Crippen molar-refractivity contribution in [1.29, 1.82) is 0 Å². The zero-order valence-corrected chi connectivity index (χ0v) is 9.29. The molecule has 0 saturated heterocycles. The highest BCUT2D eigenvalue weighted by atomic mass is 19.1. The number of nitrogens with zero attached hydrogens (tertiary/aromatic N) is 1. The molecule has 0 radical (unpaired) electrons. The Labute approximate surface area is 89.2 Å². The fraction of sp³-hybridized carbons (Fsp3) is 0.308. The molecule has 0 fully saturated rings. The first-order chi connectivity index (χ1) is 6.98. The third-order valence-corrected chi connectivity index (χ3v) is 2.52. The van der Waals surface area contributed by atoms with Crippen molar-refractivity contribution in [2.45, 2.75) is 26.3 Å². The lowest BCUT2D eigenvalue weighted by atomic mass is 10.1. The van der Waals surface area contributed by atoms with Crippen molar-refractivity contribution in [2.75, 3.05) is 0 Å². The first-order valence-electron chi connectivity index (χ1n) is 5.08. The smallest absolute Gasteiger partial charge is 0.200 e. The van der Waals surface area contributed by atoms with Crippen LogP contribution in [-0.2, 0) is 5.54 Å². The number of hydrogen-bond donors (Lipinski definition) is 0. The van der Waals surface area contributed by atoms with Gasteiger partial charge in [-0.1, -0.05) is 18.2 Å². The van der Waals surface area contributed by atoms with E-state index in [4.69, 9.17) is 0 Å². The molecule has 0 aliphatic rings. The molecule has 0 N–H and O–H groups in total. The highest BCUT2D eigenvalue weighted by Crippen LogP contribution is 2.16. The van der Waals surface area contributed by atoms with Crippen LogP contribution in [0.25, 0.3) is 10.8 Å². The second kappa shape index (κ2) is 3.30. The predicted molar refractivity (Wildman–Crippen MR) is 59.1 cm³/mol. The molecule has 2 aromatic rings. The SMILES string of the molecule is CC(C)(C)[n+]1cc(F)c2ccccc2c1. The van der Waals surface area contributed by atoms with E-state index in [9.17, 15) is 4.39 Å². The Bertz CT molecular complexity index is 497. The summed E-state index contributed by atoms with van der Waals surface area (Å²) in [5.74, 6) is -0.164. The summed E-state index contributed by atoms with van der Waals surface area (Å²) >= 11 is 0. The van der Waals surface area contributed by atoms with Gasteiger partial charge in [0.1, 0.15) is 0 Å². The van der Waals surface area contributed by atoms with Gasteiger partial charge in [-0.25, -0.2) is 0 Å². The number of rotatable bonds is 0. The fourth-order valence-electron chi connectivity index (χ4n) is 1.59. The minimum Gasteiger partial charge on any atom is -0.200 e. The predicted octanol–water partition coefficient (Wildman–Crippen LogP) is 3.02. The van der Waals surface area contributed by atoms with Gasteiger partial charge in [0.05, 0.1) is 0 Å². The largest absolute Gasteiger partial charge is 0.205 e. The molecule has 1 nitrogen and oxygen atoms in total. The Kier molecular flexibility index (Phi) is 2.22. The number of aromatic nitrogens is 1. The topological polar surface area (TPSA) is 3.88 Å². The Hall–Kier alpha value is -1.44. The fourth-order valence-corrected chi connectivity index (χ4v) is 1.59. The van der Waals surface area contributed by atoms with Crippen LogP contribution in [0, 0.1) is 5.82 Å². The van der Waals surface area contributed by atoms with Crippen LogP contribution in [0.3, 0.4) is 0 Å². The van der Waals surface area contributed by atoms with Crippen LogP contribution in [0.4, 0.5) is 4.39 Å². The van der Waals surface area contributed by atoms with Crippen molar-refractivity contribution >= 4 is 10.8 Å². The molecule has 78 valence electrons. The van der Waals surface area contributed by atoms with Gasteiger partial charge < -0.3 is 0 Å². The second-order valence-electron chi connectivity index (χ2n) is 4.77. The molecule has 1 aromatic heterocycles. The van der Waals surface area contributed by atoms with Gasteiger partial charge in [-0.15, -0.1) is 0 Å². The zero-order chi connectivity index (χ0) is 11.1. The van der Waals surface area contributed by atoms with Gasteiger partial charge in [-0.05, 0) is 6.07 Å². The van der Waals surface area contributed by atoms with E-state index in [0.29, 0.717) is 5.39 Å². The van der Waals surface area contributed by atoms with Crippen molar-refractivity contribution < 1.29 is 8.96 Å².